The molecule has 0 unspecified atom stereocenters. The minimum Gasteiger partial charge on any atom is -0.363 e. The summed E-state index contributed by atoms with van der Waals surface area (Å²) in [6.07, 6.45) is 6.61. The van der Waals surface area contributed by atoms with Crippen LogP contribution in [0.2, 0.25) is 0 Å². The van der Waals surface area contributed by atoms with Gasteiger partial charge in [0.25, 0.3) is 0 Å². The van der Waals surface area contributed by atoms with E-state index < -0.39 is 0 Å². The molecular weight excluding hydrogens is 312 g/mol. The third-order valence-electron chi connectivity index (χ3n) is 3.93. The number of nitrogens with zero attached hydrogens (tertiary/aromatic N) is 1. The summed E-state index contributed by atoms with van der Waals surface area (Å²) in [5, 5.41) is 3.57. The lowest BCUT2D eigenvalue weighted by Gasteiger charge is -2.39. The maximum atomic E-state index is 6.21. The van der Waals surface area contributed by atoms with Crippen LogP contribution in [0.25, 0.3) is 0 Å². The van der Waals surface area contributed by atoms with Crippen LogP contribution in [0.4, 0.5) is 5.82 Å². The second kappa shape index (κ2) is 5.79. The predicted molar refractivity (Wildman–Crippen MR) is 81.4 cm³/mol. The molecule has 1 heterocycles. The SMILES string of the molecule is Cc1cc(NC2(CCl)CCC(C)CC2)ncc1Br. The van der Waals surface area contributed by atoms with Crippen molar-refractivity contribution in [2.75, 3.05) is 11.2 Å². The average Bonchev–Trinajstić information content (AvgIpc) is 2.37. The molecule has 0 saturated heterocycles. The topological polar surface area (TPSA) is 24.9 Å². The van der Waals surface area contributed by atoms with Gasteiger partial charge in [-0.05, 0) is 66.1 Å². The van der Waals surface area contributed by atoms with E-state index in [1.54, 1.807) is 0 Å². The molecule has 0 aliphatic heterocycles. The summed E-state index contributed by atoms with van der Waals surface area (Å²) in [6, 6.07) is 2.08. The number of rotatable bonds is 3. The number of aromatic nitrogens is 1. The Morgan fingerprint density at radius 3 is 2.72 bits per heavy atom. The first kappa shape index (κ1) is 14.1. The molecule has 1 saturated carbocycles. The fourth-order valence-electron chi connectivity index (χ4n) is 2.49. The van der Waals surface area contributed by atoms with E-state index in [4.69, 9.17) is 11.6 Å². The number of nitrogens with one attached hydrogen (secondary N) is 1. The van der Waals surface area contributed by atoms with Crippen molar-refractivity contribution in [1.29, 1.82) is 0 Å². The Labute approximate surface area is 123 Å². The summed E-state index contributed by atoms with van der Waals surface area (Å²) in [6.45, 7) is 4.40. The Balaban J connectivity index is 2.12. The fourth-order valence-corrected chi connectivity index (χ4v) is 3.04. The molecule has 1 aromatic heterocycles. The van der Waals surface area contributed by atoms with Gasteiger partial charge in [0.05, 0.1) is 5.54 Å². The van der Waals surface area contributed by atoms with E-state index in [1.165, 1.54) is 18.4 Å². The molecule has 0 atom stereocenters. The molecule has 1 fully saturated rings. The quantitative estimate of drug-likeness (QED) is 0.808. The smallest absolute Gasteiger partial charge is 0.126 e. The minimum absolute atomic E-state index is 0.0291. The molecule has 4 heteroatoms. The van der Waals surface area contributed by atoms with Crippen molar-refractivity contribution in [2.45, 2.75) is 45.1 Å². The highest BCUT2D eigenvalue weighted by molar-refractivity contribution is 9.10. The molecule has 2 rings (SSSR count). The van der Waals surface area contributed by atoms with Crippen LogP contribution in [0.5, 0.6) is 0 Å². The molecule has 1 aliphatic rings. The van der Waals surface area contributed by atoms with Crippen molar-refractivity contribution in [1.82, 2.24) is 4.98 Å². The van der Waals surface area contributed by atoms with Crippen LogP contribution < -0.4 is 5.32 Å². The monoisotopic (exact) mass is 330 g/mol. The number of hydrogen-bond donors (Lipinski definition) is 1. The van der Waals surface area contributed by atoms with E-state index in [9.17, 15) is 0 Å². The number of aryl methyl sites for hydroxylation is 1. The summed E-state index contributed by atoms with van der Waals surface area (Å²) in [5.74, 6) is 2.41. The first-order chi connectivity index (χ1) is 8.54. The maximum Gasteiger partial charge on any atom is 0.126 e. The molecule has 18 heavy (non-hydrogen) atoms. The van der Waals surface area contributed by atoms with Crippen LogP contribution in [0.3, 0.4) is 0 Å². The second-order valence-corrected chi connectivity index (χ2v) is 6.66. The van der Waals surface area contributed by atoms with Gasteiger partial charge in [-0.25, -0.2) is 4.98 Å². The molecule has 1 aromatic rings. The third-order valence-corrected chi connectivity index (χ3v) is 5.27. The molecule has 0 radical (unpaired) electrons. The molecule has 0 bridgehead atoms. The van der Waals surface area contributed by atoms with Gasteiger partial charge in [0, 0.05) is 16.5 Å². The Hall–Kier alpha value is -0.280. The second-order valence-electron chi connectivity index (χ2n) is 5.54. The van der Waals surface area contributed by atoms with Crippen molar-refractivity contribution in [3.05, 3.63) is 22.3 Å². The first-order valence-electron chi connectivity index (χ1n) is 6.51. The van der Waals surface area contributed by atoms with Gasteiger partial charge in [-0.2, -0.15) is 0 Å². The summed E-state index contributed by atoms with van der Waals surface area (Å²) >= 11 is 9.68. The number of pyridine rings is 1. The molecule has 0 aromatic carbocycles. The van der Waals surface area contributed by atoms with Gasteiger partial charge in [0.2, 0.25) is 0 Å². The highest BCUT2D eigenvalue weighted by Gasteiger charge is 2.33. The zero-order valence-electron chi connectivity index (χ0n) is 11.0. The Kier molecular flexibility index (Phi) is 4.54. The standard InChI is InChI=1S/C14H20BrClN2/c1-10-3-5-14(9-16,6-4-10)18-13-7-11(2)12(15)8-17-13/h7-8,10H,3-6,9H2,1-2H3,(H,17,18). The molecule has 0 spiro atoms. The minimum atomic E-state index is 0.0291. The van der Waals surface area contributed by atoms with E-state index in [-0.39, 0.29) is 5.54 Å². The first-order valence-corrected chi connectivity index (χ1v) is 7.84. The van der Waals surface area contributed by atoms with Crippen molar-refractivity contribution in [3.8, 4) is 0 Å². The fraction of sp³-hybridized carbons (Fsp3) is 0.643. The molecular formula is C14H20BrClN2. The largest absolute Gasteiger partial charge is 0.363 e. The molecule has 1 N–H and O–H groups in total. The van der Waals surface area contributed by atoms with Gasteiger partial charge < -0.3 is 5.32 Å². The molecule has 1 aliphatic carbocycles. The van der Waals surface area contributed by atoms with Gasteiger partial charge in [0.15, 0.2) is 0 Å². The Bertz CT molecular complexity index is 414. The van der Waals surface area contributed by atoms with Gasteiger partial charge in [0.1, 0.15) is 5.82 Å². The van der Waals surface area contributed by atoms with E-state index in [2.05, 4.69) is 46.1 Å². The van der Waals surface area contributed by atoms with Crippen LogP contribution in [0, 0.1) is 12.8 Å². The summed E-state index contributed by atoms with van der Waals surface area (Å²) in [7, 11) is 0. The van der Waals surface area contributed by atoms with Crippen LogP contribution in [0.1, 0.15) is 38.2 Å². The number of anilines is 1. The van der Waals surface area contributed by atoms with E-state index in [0.717, 1.165) is 29.1 Å². The number of alkyl halides is 1. The van der Waals surface area contributed by atoms with Crippen LogP contribution >= 0.6 is 27.5 Å². The number of halogens is 2. The van der Waals surface area contributed by atoms with E-state index in [0.29, 0.717) is 5.88 Å². The van der Waals surface area contributed by atoms with Crippen molar-refractivity contribution >= 4 is 33.3 Å². The molecule has 0 amide bonds. The lowest BCUT2D eigenvalue weighted by molar-refractivity contribution is 0.286. The van der Waals surface area contributed by atoms with Crippen LogP contribution in [-0.4, -0.2) is 16.4 Å². The Morgan fingerprint density at radius 2 is 2.17 bits per heavy atom. The zero-order chi connectivity index (χ0) is 13.2. The van der Waals surface area contributed by atoms with E-state index >= 15 is 0 Å². The normalized spacial score (nSPS) is 28.1. The lowest BCUT2D eigenvalue weighted by Crippen LogP contribution is -2.43. The van der Waals surface area contributed by atoms with Gasteiger partial charge in [-0.3, -0.25) is 0 Å². The summed E-state index contributed by atoms with van der Waals surface area (Å²) < 4.78 is 1.05. The van der Waals surface area contributed by atoms with Gasteiger partial charge in [-0.1, -0.05) is 6.92 Å². The zero-order valence-corrected chi connectivity index (χ0v) is 13.3. The molecule has 2 nitrogen and oxygen atoms in total. The highest BCUT2D eigenvalue weighted by Crippen LogP contribution is 2.35. The lowest BCUT2D eigenvalue weighted by atomic mass is 9.78. The van der Waals surface area contributed by atoms with Gasteiger partial charge in [-0.15, -0.1) is 11.6 Å². The third kappa shape index (κ3) is 3.18. The Morgan fingerprint density at radius 1 is 1.50 bits per heavy atom. The van der Waals surface area contributed by atoms with Crippen molar-refractivity contribution in [2.24, 2.45) is 5.92 Å². The highest BCUT2D eigenvalue weighted by atomic mass is 79.9. The van der Waals surface area contributed by atoms with E-state index in [1.807, 2.05) is 6.20 Å². The van der Waals surface area contributed by atoms with Crippen LogP contribution in [0.15, 0.2) is 16.7 Å². The van der Waals surface area contributed by atoms with Gasteiger partial charge >= 0.3 is 0 Å². The van der Waals surface area contributed by atoms with Crippen molar-refractivity contribution in [3.63, 3.8) is 0 Å². The van der Waals surface area contributed by atoms with Crippen LogP contribution in [-0.2, 0) is 0 Å². The predicted octanol–water partition coefficient (Wildman–Crippen LogP) is 4.75. The summed E-state index contributed by atoms with van der Waals surface area (Å²) in [4.78, 5) is 4.43. The molecule has 100 valence electrons. The number of hydrogen-bond acceptors (Lipinski definition) is 2. The average molecular weight is 332 g/mol. The summed E-state index contributed by atoms with van der Waals surface area (Å²) in [5.41, 5.74) is 1.22. The maximum absolute atomic E-state index is 6.21. The van der Waals surface area contributed by atoms with Crippen molar-refractivity contribution < 1.29 is 0 Å².